The van der Waals surface area contributed by atoms with E-state index in [1.807, 2.05) is 12.1 Å². The van der Waals surface area contributed by atoms with Crippen LogP contribution in [0.15, 0.2) is 42.5 Å². The van der Waals surface area contributed by atoms with E-state index in [4.69, 9.17) is 5.11 Å². The fraction of sp³-hybridized carbons (Fsp3) is 0.350. The van der Waals surface area contributed by atoms with E-state index in [9.17, 15) is 9.18 Å². The second-order valence-corrected chi connectivity index (χ2v) is 6.67. The predicted molar refractivity (Wildman–Crippen MR) is 95.3 cm³/mol. The summed E-state index contributed by atoms with van der Waals surface area (Å²) in [6, 6.07) is 11.8. The first-order valence-electron chi connectivity index (χ1n) is 8.19. The molecule has 0 aliphatic rings. The third-order valence-electron chi connectivity index (χ3n) is 4.20. The summed E-state index contributed by atoms with van der Waals surface area (Å²) in [5, 5.41) is 12.6. The summed E-state index contributed by atoms with van der Waals surface area (Å²) in [5.41, 5.74) is 2.90. The Morgan fingerprint density at radius 3 is 2.58 bits per heavy atom. The fourth-order valence-electron chi connectivity index (χ4n) is 2.70. The molecule has 0 atom stereocenters. The fourth-order valence-corrected chi connectivity index (χ4v) is 2.70. The van der Waals surface area contributed by atoms with Gasteiger partial charge in [-0.25, -0.2) is 9.18 Å². The minimum atomic E-state index is -0.918. The molecule has 2 N–H and O–H groups in total. The number of hydrogen-bond donors (Lipinski definition) is 2. The number of carboxylic acid groups (broad SMARTS) is 1. The van der Waals surface area contributed by atoms with Crippen molar-refractivity contribution in [2.45, 2.75) is 39.0 Å². The SMILES string of the molecule is CCCc1cc(C(=O)O)ccc1NCC(C)(C)c1cccc(F)c1. The summed E-state index contributed by atoms with van der Waals surface area (Å²) < 4.78 is 13.5. The van der Waals surface area contributed by atoms with Crippen molar-refractivity contribution in [3.8, 4) is 0 Å². The number of anilines is 1. The minimum absolute atomic E-state index is 0.238. The monoisotopic (exact) mass is 329 g/mol. The van der Waals surface area contributed by atoms with Crippen LogP contribution in [0.5, 0.6) is 0 Å². The summed E-state index contributed by atoms with van der Waals surface area (Å²) in [7, 11) is 0. The molecule has 0 aromatic heterocycles. The highest BCUT2D eigenvalue weighted by molar-refractivity contribution is 5.88. The lowest BCUT2D eigenvalue weighted by Crippen LogP contribution is -2.28. The molecule has 128 valence electrons. The standard InChI is InChI=1S/C20H24FNO2/c1-4-6-14-11-15(19(23)24)9-10-18(14)22-13-20(2,3)16-7-5-8-17(21)12-16/h5,7-12,22H,4,6,13H2,1-3H3,(H,23,24). The van der Waals surface area contributed by atoms with E-state index in [0.717, 1.165) is 29.7 Å². The average molecular weight is 329 g/mol. The molecule has 0 amide bonds. The van der Waals surface area contributed by atoms with Gasteiger partial charge in [-0.1, -0.05) is 39.3 Å². The second-order valence-electron chi connectivity index (χ2n) is 6.67. The van der Waals surface area contributed by atoms with Gasteiger partial charge in [-0.15, -0.1) is 0 Å². The van der Waals surface area contributed by atoms with Gasteiger partial charge in [-0.05, 0) is 47.9 Å². The summed E-state index contributed by atoms with van der Waals surface area (Å²) in [5.74, 6) is -1.16. The van der Waals surface area contributed by atoms with Gasteiger partial charge in [0.25, 0.3) is 0 Å². The normalized spacial score (nSPS) is 11.3. The zero-order valence-electron chi connectivity index (χ0n) is 14.4. The number of nitrogens with one attached hydrogen (secondary N) is 1. The maximum absolute atomic E-state index is 13.5. The van der Waals surface area contributed by atoms with Crippen LogP contribution in [0.4, 0.5) is 10.1 Å². The van der Waals surface area contributed by atoms with Crippen molar-refractivity contribution in [2.75, 3.05) is 11.9 Å². The number of halogens is 1. The zero-order valence-corrected chi connectivity index (χ0v) is 14.4. The van der Waals surface area contributed by atoms with Crippen LogP contribution >= 0.6 is 0 Å². The molecule has 0 fully saturated rings. The van der Waals surface area contributed by atoms with Crippen LogP contribution < -0.4 is 5.32 Å². The van der Waals surface area contributed by atoms with E-state index in [-0.39, 0.29) is 11.2 Å². The van der Waals surface area contributed by atoms with Crippen molar-refractivity contribution in [1.82, 2.24) is 0 Å². The highest BCUT2D eigenvalue weighted by Gasteiger charge is 2.21. The Morgan fingerprint density at radius 1 is 1.21 bits per heavy atom. The lowest BCUT2D eigenvalue weighted by Gasteiger charge is -2.27. The third kappa shape index (κ3) is 4.34. The predicted octanol–water partition coefficient (Wildman–Crippen LogP) is 4.87. The van der Waals surface area contributed by atoms with Crippen LogP contribution in [-0.2, 0) is 11.8 Å². The summed E-state index contributed by atoms with van der Waals surface area (Å²) in [4.78, 5) is 11.1. The Balaban J connectivity index is 2.19. The minimum Gasteiger partial charge on any atom is -0.478 e. The Labute approximate surface area is 142 Å². The number of hydrogen-bond acceptors (Lipinski definition) is 2. The second kappa shape index (κ2) is 7.47. The Hall–Kier alpha value is -2.36. The molecule has 0 unspecified atom stereocenters. The van der Waals surface area contributed by atoms with E-state index in [0.29, 0.717) is 12.1 Å². The summed E-state index contributed by atoms with van der Waals surface area (Å²) >= 11 is 0. The topological polar surface area (TPSA) is 49.3 Å². The van der Waals surface area contributed by atoms with Crippen LogP contribution in [-0.4, -0.2) is 17.6 Å². The summed E-state index contributed by atoms with van der Waals surface area (Å²) in [6.45, 7) is 6.80. The number of carbonyl (C=O) groups is 1. The van der Waals surface area contributed by atoms with Gasteiger partial charge in [-0.2, -0.15) is 0 Å². The third-order valence-corrected chi connectivity index (χ3v) is 4.20. The molecular formula is C20H24FNO2. The van der Waals surface area contributed by atoms with Crippen molar-refractivity contribution in [3.05, 3.63) is 65.0 Å². The van der Waals surface area contributed by atoms with Gasteiger partial charge in [-0.3, -0.25) is 0 Å². The number of aromatic carboxylic acids is 1. The molecule has 3 nitrogen and oxygen atoms in total. The number of rotatable bonds is 7. The molecule has 0 spiro atoms. The molecule has 0 bridgehead atoms. The molecule has 0 saturated carbocycles. The maximum Gasteiger partial charge on any atom is 0.335 e. The highest BCUT2D eigenvalue weighted by atomic mass is 19.1. The quantitative estimate of drug-likeness (QED) is 0.762. The van der Waals surface area contributed by atoms with Crippen molar-refractivity contribution >= 4 is 11.7 Å². The van der Waals surface area contributed by atoms with Crippen LogP contribution in [0.25, 0.3) is 0 Å². The van der Waals surface area contributed by atoms with Crippen molar-refractivity contribution in [3.63, 3.8) is 0 Å². The number of benzene rings is 2. The van der Waals surface area contributed by atoms with Gasteiger partial charge in [0.05, 0.1) is 5.56 Å². The van der Waals surface area contributed by atoms with E-state index >= 15 is 0 Å². The molecule has 24 heavy (non-hydrogen) atoms. The Morgan fingerprint density at radius 2 is 1.96 bits per heavy atom. The number of aryl methyl sites for hydroxylation is 1. The molecule has 0 saturated heterocycles. The molecule has 2 rings (SSSR count). The van der Waals surface area contributed by atoms with Crippen LogP contribution in [0, 0.1) is 5.82 Å². The molecule has 0 radical (unpaired) electrons. The average Bonchev–Trinajstić information content (AvgIpc) is 2.54. The summed E-state index contributed by atoms with van der Waals surface area (Å²) in [6.07, 6.45) is 1.74. The van der Waals surface area contributed by atoms with Gasteiger partial charge in [0.15, 0.2) is 0 Å². The number of carboxylic acids is 1. The molecular weight excluding hydrogens is 305 g/mol. The first kappa shape index (κ1) is 18.0. The molecule has 0 aliphatic carbocycles. The van der Waals surface area contributed by atoms with Gasteiger partial charge >= 0.3 is 5.97 Å². The Bertz CT molecular complexity index is 725. The van der Waals surface area contributed by atoms with Crippen molar-refractivity contribution in [1.29, 1.82) is 0 Å². The van der Waals surface area contributed by atoms with E-state index in [1.165, 1.54) is 6.07 Å². The highest BCUT2D eigenvalue weighted by Crippen LogP contribution is 2.26. The maximum atomic E-state index is 13.5. The van der Waals surface area contributed by atoms with Crippen LogP contribution in [0.3, 0.4) is 0 Å². The van der Waals surface area contributed by atoms with Gasteiger partial charge in [0, 0.05) is 17.6 Å². The zero-order chi connectivity index (χ0) is 17.7. The van der Waals surface area contributed by atoms with E-state index < -0.39 is 5.97 Å². The lowest BCUT2D eigenvalue weighted by atomic mass is 9.84. The Kier molecular flexibility index (Phi) is 5.60. The van der Waals surface area contributed by atoms with Gasteiger partial charge in [0.2, 0.25) is 0 Å². The smallest absolute Gasteiger partial charge is 0.335 e. The largest absolute Gasteiger partial charge is 0.478 e. The first-order valence-corrected chi connectivity index (χ1v) is 8.19. The van der Waals surface area contributed by atoms with Crippen molar-refractivity contribution < 1.29 is 14.3 Å². The van der Waals surface area contributed by atoms with Gasteiger partial charge in [0.1, 0.15) is 5.82 Å². The molecule has 2 aromatic rings. The van der Waals surface area contributed by atoms with Crippen LogP contribution in [0.2, 0.25) is 0 Å². The molecule has 0 heterocycles. The van der Waals surface area contributed by atoms with E-state index in [2.05, 4.69) is 26.1 Å². The van der Waals surface area contributed by atoms with Gasteiger partial charge < -0.3 is 10.4 Å². The van der Waals surface area contributed by atoms with Crippen molar-refractivity contribution in [2.24, 2.45) is 0 Å². The lowest BCUT2D eigenvalue weighted by molar-refractivity contribution is 0.0697. The molecule has 4 heteroatoms. The molecule has 0 aliphatic heterocycles. The van der Waals surface area contributed by atoms with Crippen LogP contribution in [0.1, 0.15) is 48.7 Å². The first-order chi connectivity index (χ1) is 11.3. The van der Waals surface area contributed by atoms with E-state index in [1.54, 1.807) is 24.3 Å². The molecule has 2 aromatic carbocycles.